The van der Waals surface area contributed by atoms with E-state index in [2.05, 4.69) is 5.32 Å². The van der Waals surface area contributed by atoms with Crippen LogP contribution in [0.4, 0.5) is 11.4 Å². The van der Waals surface area contributed by atoms with E-state index in [1.54, 1.807) is 24.3 Å². The van der Waals surface area contributed by atoms with Crippen molar-refractivity contribution >= 4 is 28.9 Å². The normalized spacial score (nSPS) is 10.0. The SMILES string of the molecule is COc1cccc(NC(=O)c2cc(OC)c(Cl)c([N+](=O)[O-])c2)c1. The number of anilines is 1. The molecule has 0 aliphatic heterocycles. The van der Waals surface area contributed by atoms with Gasteiger partial charge in [-0.2, -0.15) is 0 Å². The molecule has 0 saturated carbocycles. The van der Waals surface area contributed by atoms with Gasteiger partial charge >= 0.3 is 0 Å². The zero-order valence-electron chi connectivity index (χ0n) is 12.3. The average molecular weight is 337 g/mol. The Bertz CT molecular complexity index is 764. The van der Waals surface area contributed by atoms with Crippen LogP contribution in [0, 0.1) is 10.1 Å². The molecule has 8 heteroatoms. The van der Waals surface area contributed by atoms with E-state index in [4.69, 9.17) is 21.1 Å². The first-order valence-electron chi connectivity index (χ1n) is 6.43. The van der Waals surface area contributed by atoms with Gasteiger partial charge in [-0.3, -0.25) is 14.9 Å². The smallest absolute Gasteiger partial charge is 0.292 e. The topological polar surface area (TPSA) is 90.7 Å². The highest BCUT2D eigenvalue weighted by atomic mass is 35.5. The van der Waals surface area contributed by atoms with Crippen LogP contribution in [0.1, 0.15) is 10.4 Å². The number of rotatable bonds is 5. The zero-order valence-corrected chi connectivity index (χ0v) is 13.1. The molecule has 1 amide bonds. The number of hydrogen-bond donors (Lipinski definition) is 1. The summed E-state index contributed by atoms with van der Waals surface area (Å²) in [6, 6.07) is 9.16. The first-order chi connectivity index (χ1) is 11.0. The summed E-state index contributed by atoms with van der Waals surface area (Å²) in [5.74, 6) is 0.0930. The molecule has 0 unspecified atom stereocenters. The second-order valence-electron chi connectivity index (χ2n) is 4.45. The van der Waals surface area contributed by atoms with Gasteiger partial charge in [-0.05, 0) is 18.2 Å². The number of nitrogens with one attached hydrogen (secondary N) is 1. The molecule has 0 spiro atoms. The zero-order chi connectivity index (χ0) is 17.0. The fraction of sp³-hybridized carbons (Fsp3) is 0.133. The van der Waals surface area contributed by atoms with Crippen LogP contribution in [0.5, 0.6) is 11.5 Å². The molecule has 0 aromatic heterocycles. The summed E-state index contributed by atoms with van der Waals surface area (Å²) in [7, 11) is 2.82. The van der Waals surface area contributed by atoms with Crippen molar-refractivity contribution in [2.75, 3.05) is 19.5 Å². The molecule has 0 heterocycles. The minimum absolute atomic E-state index is 0.0525. The van der Waals surface area contributed by atoms with Crippen LogP contribution in [0.3, 0.4) is 0 Å². The molecule has 0 saturated heterocycles. The highest BCUT2D eigenvalue weighted by Crippen LogP contribution is 2.35. The quantitative estimate of drug-likeness (QED) is 0.666. The van der Waals surface area contributed by atoms with Crippen molar-refractivity contribution in [3.05, 3.63) is 57.1 Å². The Balaban J connectivity index is 2.35. The van der Waals surface area contributed by atoms with E-state index in [-0.39, 0.29) is 16.3 Å². The molecule has 0 atom stereocenters. The van der Waals surface area contributed by atoms with Gasteiger partial charge in [-0.25, -0.2) is 0 Å². The minimum atomic E-state index is -0.673. The third-order valence-electron chi connectivity index (χ3n) is 3.03. The van der Waals surface area contributed by atoms with Crippen molar-refractivity contribution in [2.45, 2.75) is 0 Å². The monoisotopic (exact) mass is 336 g/mol. The van der Waals surface area contributed by atoms with E-state index >= 15 is 0 Å². The Morgan fingerprint density at radius 3 is 2.57 bits per heavy atom. The first kappa shape index (κ1) is 16.6. The van der Waals surface area contributed by atoms with Crippen LogP contribution in [0.25, 0.3) is 0 Å². The number of halogens is 1. The Hall–Kier alpha value is -2.80. The Kier molecular flexibility index (Phi) is 5.02. The summed E-state index contributed by atoms with van der Waals surface area (Å²) in [5, 5.41) is 13.5. The number of carbonyl (C=O) groups is 1. The molecule has 7 nitrogen and oxygen atoms in total. The van der Waals surface area contributed by atoms with E-state index in [9.17, 15) is 14.9 Å². The summed E-state index contributed by atoms with van der Waals surface area (Å²) < 4.78 is 10.0. The summed E-state index contributed by atoms with van der Waals surface area (Å²) in [4.78, 5) is 22.6. The largest absolute Gasteiger partial charge is 0.497 e. The second-order valence-corrected chi connectivity index (χ2v) is 4.83. The van der Waals surface area contributed by atoms with Gasteiger partial charge in [0.05, 0.1) is 24.7 Å². The van der Waals surface area contributed by atoms with Crippen LogP contribution >= 0.6 is 11.6 Å². The molecule has 0 aliphatic rings. The highest BCUT2D eigenvalue weighted by Gasteiger charge is 2.21. The van der Waals surface area contributed by atoms with Gasteiger partial charge in [0.1, 0.15) is 11.5 Å². The predicted octanol–water partition coefficient (Wildman–Crippen LogP) is 3.52. The van der Waals surface area contributed by atoms with Crippen LogP contribution in [0.2, 0.25) is 5.02 Å². The summed E-state index contributed by atoms with van der Waals surface area (Å²) >= 11 is 5.87. The molecule has 120 valence electrons. The fourth-order valence-electron chi connectivity index (χ4n) is 1.90. The lowest BCUT2D eigenvalue weighted by Crippen LogP contribution is -2.12. The van der Waals surface area contributed by atoms with Gasteiger partial charge in [0.15, 0.2) is 5.02 Å². The van der Waals surface area contributed by atoms with Crippen LogP contribution in [-0.2, 0) is 0 Å². The molecule has 23 heavy (non-hydrogen) atoms. The lowest BCUT2D eigenvalue weighted by molar-refractivity contribution is -0.384. The highest BCUT2D eigenvalue weighted by molar-refractivity contribution is 6.34. The lowest BCUT2D eigenvalue weighted by Gasteiger charge is -2.09. The van der Waals surface area contributed by atoms with Crippen molar-refractivity contribution in [1.29, 1.82) is 0 Å². The van der Waals surface area contributed by atoms with E-state index < -0.39 is 16.5 Å². The molecular weight excluding hydrogens is 324 g/mol. The molecule has 0 bridgehead atoms. The van der Waals surface area contributed by atoms with Crippen molar-refractivity contribution in [2.24, 2.45) is 0 Å². The second kappa shape index (κ2) is 6.97. The van der Waals surface area contributed by atoms with Gasteiger partial charge in [0, 0.05) is 17.8 Å². The maximum Gasteiger partial charge on any atom is 0.292 e. The Labute approximate surface area is 136 Å². The van der Waals surface area contributed by atoms with Crippen molar-refractivity contribution in [3.63, 3.8) is 0 Å². The summed E-state index contributed by atoms with van der Waals surface area (Å²) in [5.41, 5.74) is 0.147. The Morgan fingerprint density at radius 1 is 1.22 bits per heavy atom. The fourth-order valence-corrected chi connectivity index (χ4v) is 2.15. The average Bonchev–Trinajstić information content (AvgIpc) is 2.54. The number of nitrogens with zero attached hydrogens (tertiary/aromatic N) is 1. The Morgan fingerprint density at radius 2 is 1.96 bits per heavy atom. The van der Waals surface area contributed by atoms with Crippen LogP contribution < -0.4 is 14.8 Å². The van der Waals surface area contributed by atoms with Gasteiger partial charge in [-0.15, -0.1) is 0 Å². The summed E-state index contributed by atoms with van der Waals surface area (Å²) in [6.45, 7) is 0. The molecular formula is C15H13ClN2O5. The van der Waals surface area contributed by atoms with Crippen molar-refractivity contribution < 1.29 is 19.2 Å². The molecule has 0 aliphatic carbocycles. The lowest BCUT2D eigenvalue weighted by atomic mass is 10.1. The number of nitro groups is 1. The molecule has 1 N–H and O–H groups in total. The van der Waals surface area contributed by atoms with Gasteiger partial charge in [0.2, 0.25) is 0 Å². The predicted molar refractivity (Wildman–Crippen MR) is 85.6 cm³/mol. The number of nitro benzene ring substituents is 1. The van der Waals surface area contributed by atoms with Crippen LogP contribution in [-0.4, -0.2) is 25.1 Å². The number of benzene rings is 2. The van der Waals surface area contributed by atoms with Gasteiger partial charge in [0.25, 0.3) is 11.6 Å². The van der Waals surface area contributed by atoms with Gasteiger partial charge in [-0.1, -0.05) is 17.7 Å². The van der Waals surface area contributed by atoms with E-state index in [1.165, 1.54) is 20.3 Å². The van der Waals surface area contributed by atoms with Crippen molar-refractivity contribution in [1.82, 2.24) is 0 Å². The van der Waals surface area contributed by atoms with E-state index in [0.717, 1.165) is 6.07 Å². The standard InChI is InChI=1S/C15H13ClN2O5/c1-22-11-5-3-4-10(8-11)17-15(19)9-6-12(18(20)21)14(16)13(7-9)23-2/h3-8H,1-2H3,(H,17,19). The third kappa shape index (κ3) is 3.70. The molecule has 2 rings (SSSR count). The maximum absolute atomic E-state index is 12.3. The van der Waals surface area contributed by atoms with Gasteiger partial charge < -0.3 is 14.8 Å². The molecule has 0 radical (unpaired) electrons. The summed E-state index contributed by atoms with van der Waals surface area (Å²) in [6.07, 6.45) is 0. The molecule has 2 aromatic rings. The number of methoxy groups -OCH3 is 2. The van der Waals surface area contributed by atoms with Crippen molar-refractivity contribution in [3.8, 4) is 11.5 Å². The van der Waals surface area contributed by atoms with Crippen LogP contribution in [0.15, 0.2) is 36.4 Å². The number of carbonyl (C=O) groups excluding carboxylic acids is 1. The number of ether oxygens (including phenoxy) is 2. The molecule has 2 aromatic carbocycles. The third-order valence-corrected chi connectivity index (χ3v) is 3.41. The molecule has 0 fully saturated rings. The van der Waals surface area contributed by atoms with E-state index in [0.29, 0.717) is 11.4 Å². The number of hydrogen-bond acceptors (Lipinski definition) is 5. The maximum atomic E-state index is 12.3. The first-order valence-corrected chi connectivity index (χ1v) is 6.81. The minimum Gasteiger partial charge on any atom is -0.497 e. The number of amides is 1. The van der Waals surface area contributed by atoms with E-state index in [1.807, 2.05) is 0 Å².